The molecule has 0 saturated carbocycles. The molecule has 0 aromatic rings. The Morgan fingerprint density at radius 3 is 1.55 bits per heavy atom. The molecular weight excluding hydrogens is 394 g/mol. The van der Waals surface area contributed by atoms with Crippen LogP contribution in [0.5, 0.6) is 0 Å². The van der Waals surface area contributed by atoms with E-state index in [1.165, 1.54) is 37.1 Å². The standard InChI is InChI=1S/C10H19NO2.C8H15NO.C6H11NO/c1-3-12-13-9-6-10-4-7-11(2)8-5-10;1-9-5-2-8(3-6-9)4-7-10;1-7-4-2-6(8)3-5-7/h6H,3-5,7-9H2,1-2H3;4,10H,2-3,5-7H2,1H3;2-5H2,1H3. The molecule has 1 N–H and O–H groups in total. The van der Waals surface area contributed by atoms with Crippen LogP contribution in [-0.4, -0.2) is 106 Å². The average molecular weight is 440 g/mol. The summed E-state index contributed by atoms with van der Waals surface area (Å²) < 4.78 is 0. The monoisotopic (exact) mass is 439 g/mol. The molecule has 3 heterocycles. The van der Waals surface area contributed by atoms with Gasteiger partial charge in [-0.3, -0.25) is 4.79 Å². The smallest absolute Gasteiger partial charge is 0.135 e. The third kappa shape index (κ3) is 14.6. The number of aliphatic hydroxyl groups is 1. The summed E-state index contributed by atoms with van der Waals surface area (Å²) in [5.41, 5.74) is 2.92. The van der Waals surface area contributed by atoms with Crippen molar-refractivity contribution in [3.8, 4) is 0 Å². The lowest BCUT2D eigenvalue weighted by Gasteiger charge is -2.23. The maximum absolute atomic E-state index is 10.6. The van der Waals surface area contributed by atoms with E-state index in [0.717, 1.165) is 51.9 Å². The van der Waals surface area contributed by atoms with Crippen molar-refractivity contribution in [1.29, 1.82) is 0 Å². The van der Waals surface area contributed by atoms with E-state index in [1.807, 2.05) is 20.0 Å². The fourth-order valence-corrected chi connectivity index (χ4v) is 3.50. The number of carbonyl (C=O) groups is 1. The molecule has 0 radical (unpaired) electrons. The normalized spacial score (nSPS) is 21.0. The van der Waals surface area contributed by atoms with E-state index in [0.29, 0.717) is 19.0 Å². The van der Waals surface area contributed by atoms with Gasteiger partial charge in [-0.15, -0.1) is 0 Å². The average Bonchev–Trinajstić information content (AvgIpc) is 2.77. The number of Topliss-reactive ketones (excluding diaryl/α,β-unsaturated/α-hetero) is 1. The Morgan fingerprint density at radius 1 is 0.742 bits per heavy atom. The Labute approximate surface area is 189 Å². The second-order valence-electron chi connectivity index (χ2n) is 8.55. The van der Waals surface area contributed by atoms with Crippen LogP contribution in [0.3, 0.4) is 0 Å². The van der Waals surface area contributed by atoms with Crippen molar-refractivity contribution in [2.75, 3.05) is 80.2 Å². The lowest BCUT2D eigenvalue weighted by Crippen LogP contribution is -2.29. The maximum atomic E-state index is 10.6. The Kier molecular flexibility index (Phi) is 15.7. The van der Waals surface area contributed by atoms with Crippen molar-refractivity contribution >= 4 is 5.78 Å². The first-order chi connectivity index (χ1) is 14.9. The first-order valence-electron chi connectivity index (χ1n) is 11.7. The lowest BCUT2D eigenvalue weighted by atomic mass is 10.0. The highest BCUT2D eigenvalue weighted by molar-refractivity contribution is 5.79. The van der Waals surface area contributed by atoms with Crippen molar-refractivity contribution < 1.29 is 19.7 Å². The van der Waals surface area contributed by atoms with E-state index in [9.17, 15) is 4.79 Å². The van der Waals surface area contributed by atoms with Crippen LogP contribution in [0.2, 0.25) is 0 Å². The second-order valence-corrected chi connectivity index (χ2v) is 8.55. The lowest BCUT2D eigenvalue weighted by molar-refractivity contribution is -0.282. The first kappa shape index (κ1) is 27.9. The van der Waals surface area contributed by atoms with Crippen LogP contribution in [0, 0.1) is 0 Å². The number of carbonyl (C=O) groups excluding carboxylic acids is 1. The van der Waals surface area contributed by atoms with E-state index in [2.05, 4.69) is 34.9 Å². The molecular formula is C24H45N3O4. The summed E-state index contributed by atoms with van der Waals surface area (Å²) >= 11 is 0. The maximum Gasteiger partial charge on any atom is 0.135 e. The summed E-state index contributed by atoms with van der Waals surface area (Å²) in [7, 11) is 6.34. The van der Waals surface area contributed by atoms with Crippen molar-refractivity contribution in [2.24, 2.45) is 0 Å². The number of hydrogen-bond acceptors (Lipinski definition) is 7. The van der Waals surface area contributed by atoms with Gasteiger partial charge in [0.15, 0.2) is 0 Å². The molecule has 7 nitrogen and oxygen atoms in total. The van der Waals surface area contributed by atoms with Gasteiger partial charge in [0.25, 0.3) is 0 Å². The third-order valence-electron chi connectivity index (χ3n) is 5.82. The summed E-state index contributed by atoms with van der Waals surface area (Å²) in [5.74, 6) is 0.420. The summed E-state index contributed by atoms with van der Waals surface area (Å²) in [4.78, 5) is 27.1. The third-order valence-corrected chi connectivity index (χ3v) is 5.82. The number of rotatable bonds is 5. The summed E-state index contributed by atoms with van der Waals surface area (Å²) in [5, 5.41) is 8.59. The molecule has 3 saturated heterocycles. The predicted octanol–water partition coefficient (Wildman–Crippen LogP) is 2.52. The highest BCUT2D eigenvalue weighted by atomic mass is 17.2. The summed E-state index contributed by atoms with van der Waals surface area (Å²) in [6.07, 6.45) is 10.2. The van der Waals surface area contributed by atoms with E-state index < -0.39 is 0 Å². The Morgan fingerprint density at radius 2 is 1.16 bits per heavy atom. The number of likely N-dealkylation sites (tertiary alicyclic amines) is 3. The van der Waals surface area contributed by atoms with Gasteiger partial charge in [0.05, 0.1) is 13.2 Å². The minimum absolute atomic E-state index is 0.207. The molecule has 3 aliphatic heterocycles. The molecule has 7 heteroatoms. The van der Waals surface area contributed by atoms with E-state index in [4.69, 9.17) is 14.9 Å². The molecule has 180 valence electrons. The van der Waals surface area contributed by atoms with Gasteiger partial charge in [0.1, 0.15) is 12.4 Å². The van der Waals surface area contributed by atoms with Crippen molar-refractivity contribution in [2.45, 2.75) is 45.4 Å². The summed E-state index contributed by atoms with van der Waals surface area (Å²) in [6.45, 7) is 9.87. The molecule has 3 rings (SSSR count). The Bertz CT molecular complexity index is 521. The molecule has 0 aromatic heterocycles. The van der Waals surface area contributed by atoms with Crippen LogP contribution in [0.1, 0.15) is 45.4 Å². The van der Waals surface area contributed by atoms with Crippen LogP contribution >= 0.6 is 0 Å². The van der Waals surface area contributed by atoms with Gasteiger partial charge in [-0.1, -0.05) is 23.3 Å². The molecule has 0 bridgehead atoms. The van der Waals surface area contributed by atoms with E-state index in [1.54, 1.807) is 0 Å². The molecule has 0 amide bonds. The van der Waals surface area contributed by atoms with Gasteiger partial charge in [0.2, 0.25) is 0 Å². The molecule has 3 aliphatic rings. The predicted molar refractivity (Wildman–Crippen MR) is 126 cm³/mol. The number of ketones is 1. The number of piperidine rings is 3. The van der Waals surface area contributed by atoms with Gasteiger partial charge >= 0.3 is 0 Å². The van der Waals surface area contributed by atoms with Gasteiger partial charge in [-0.05, 0) is 53.8 Å². The van der Waals surface area contributed by atoms with Crippen molar-refractivity contribution in [3.63, 3.8) is 0 Å². The van der Waals surface area contributed by atoms with Crippen LogP contribution in [0.4, 0.5) is 0 Å². The molecule has 0 aliphatic carbocycles. The minimum Gasteiger partial charge on any atom is -0.392 e. The molecule has 3 fully saturated rings. The number of nitrogens with zero attached hydrogens (tertiary/aromatic N) is 3. The molecule has 0 unspecified atom stereocenters. The van der Waals surface area contributed by atoms with Crippen LogP contribution in [0.15, 0.2) is 23.3 Å². The molecule has 31 heavy (non-hydrogen) atoms. The topological polar surface area (TPSA) is 65.5 Å². The second kappa shape index (κ2) is 17.5. The van der Waals surface area contributed by atoms with Gasteiger partial charge in [-0.25, -0.2) is 9.78 Å². The SMILES string of the molecule is CCOOCC=C1CCN(C)CC1.CN1CCC(=CCO)CC1.CN1CCC(=O)CC1. The van der Waals surface area contributed by atoms with Crippen LogP contribution in [-0.2, 0) is 14.6 Å². The minimum atomic E-state index is 0.207. The van der Waals surface area contributed by atoms with E-state index >= 15 is 0 Å². The fourth-order valence-electron chi connectivity index (χ4n) is 3.50. The van der Waals surface area contributed by atoms with Crippen LogP contribution < -0.4 is 0 Å². The number of aliphatic hydroxyl groups excluding tert-OH is 1. The van der Waals surface area contributed by atoms with E-state index in [-0.39, 0.29) is 6.61 Å². The van der Waals surface area contributed by atoms with Crippen molar-refractivity contribution in [1.82, 2.24) is 14.7 Å². The highest BCUT2D eigenvalue weighted by Gasteiger charge is 2.11. The largest absolute Gasteiger partial charge is 0.392 e. The zero-order chi connectivity index (χ0) is 22.9. The Hall–Kier alpha value is -1.09. The zero-order valence-corrected chi connectivity index (χ0v) is 20.3. The fraction of sp³-hybridized carbons (Fsp3) is 0.792. The van der Waals surface area contributed by atoms with Crippen LogP contribution in [0.25, 0.3) is 0 Å². The molecule has 0 aromatic carbocycles. The van der Waals surface area contributed by atoms with Gasteiger partial charge < -0.3 is 19.8 Å². The highest BCUT2D eigenvalue weighted by Crippen LogP contribution is 2.14. The Balaban J connectivity index is 0.000000240. The molecule has 0 spiro atoms. The van der Waals surface area contributed by atoms with Crippen molar-refractivity contribution in [3.05, 3.63) is 23.3 Å². The van der Waals surface area contributed by atoms with Gasteiger partial charge in [0, 0.05) is 52.1 Å². The quantitative estimate of drug-likeness (QED) is 0.306. The molecule has 0 atom stereocenters. The first-order valence-corrected chi connectivity index (χ1v) is 11.7. The zero-order valence-electron chi connectivity index (χ0n) is 20.3. The van der Waals surface area contributed by atoms with Gasteiger partial charge in [-0.2, -0.15) is 0 Å². The summed E-state index contributed by atoms with van der Waals surface area (Å²) in [6, 6.07) is 0. The number of hydrogen-bond donors (Lipinski definition) is 1.